The number of carbonyl (C=O) groups excluding carboxylic acids is 1. The lowest BCUT2D eigenvalue weighted by atomic mass is 10.2. The first kappa shape index (κ1) is 21.6. The molecule has 0 aliphatic heterocycles. The molecular formula is C21H19ClN2O5S. The van der Waals surface area contributed by atoms with Crippen molar-refractivity contribution in [2.45, 2.75) is 11.5 Å². The molecule has 0 atom stereocenters. The number of esters is 1. The van der Waals surface area contributed by atoms with E-state index in [9.17, 15) is 13.2 Å². The van der Waals surface area contributed by atoms with E-state index in [1.807, 2.05) is 0 Å². The van der Waals surface area contributed by atoms with E-state index in [0.29, 0.717) is 17.0 Å². The number of para-hydroxylation sites is 2. The van der Waals surface area contributed by atoms with Crippen LogP contribution in [0.4, 0.5) is 5.69 Å². The van der Waals surface area contributed by atoms with Crippen LogP contribution in [0.1, 0.15) is 15.9 Å². The lowest BCUT2D eigenvalue weighted by Crippen LogP contribution is -2.27. The number of rotatable bonds is 7. The predicted octanol–water partition coefficient (Wildman–Crippen LogP) is 3.93. The van der Waals surface area contributed by atoms with Gasteiger partial charge in [-0.3, -0.25) is 9.29 Å². The molecule has 0 saturated heterocycles. The van der Waals surface area contributed by atoms with E-state index in [-0.39, 0.29) is 22.1 Å². The number of ether oxygens (including phenoxy) is 2. The fourth-order valence-corrected chi connectivity index (χ4v) is 4.14. The minimum absolute atomic E-state index is 0.0128. The summed E-state index contributed by atoms with van der Waals surface area (Å²) in [6, 6.07) is 14.1. The summed E-state index contributed by atoms with van der Waals surface area (Å²) in [5, 5.41) is 0.0880. The molecule has 0 unspecified atom stereocenters. The molecule has 0 spiro atoms. The zero-order valence-electron chi connectivity index (χ0n) is 16.3. The maximum Gasteiger partial charge on any atom is 0.340 e. The molecule has 30 heavy (non-hydrogen) atoms. The summed E-state index contributed by atoms with van der Waals surface area (Å²) in [6.07, 6.45) is 3.17. The highest BCUT2D eigenvalue weighted by atomic mass is 35.5. The molecule has 0 aliphatic rings. The maximum atomic E-state index is 13.1. The van der Waals surface area contributed by atoms with Gasteiger partial charge in [0, 0.05) is 25.0 Å². The topological polar surface area (TPSA) is 85.8 Å². The molecule has 0 saturated carbocycles. The van der Waals surface area contributed by atoms with Gasteiger partial charge in [-0.1, -0.05) is 29.8 Å². The van der Waals surface area contributed by atoms with Gasteiger partial charge in [0.1, 0.15) is 12.4 Å². The summed E-state index contributed by atoms with van der Waals surface area (Å²) in [7, 11) is -1.13. The molecular weight excluding hydrogens is 428 g/mol. The molecule has 1 heterocycles. The Morgan fingerprint density at radius 2 is 1.90 bits per heavy atom. The molecule has 7 nitrogen and oxygen atoms in total. The second kappa shape index (κ2) is 9.15. The standard InChI is InChI=1S/C21H19ClN2O5S/c1-24(19-7-3-4-8-20(19)28-2)30(26,27)16-9-10-18(22)17(12-16)21(25)29-14-15-6-5-11-23-13-15/h3-13H,14H2,1-2H3. The van der Waals surface area contributed by atoms with Crippen LogP contribution >= 0.6 is 11.6 Å². The predicted molar refractivity (Wildman–Crippen MR) is 113 cm³/mol. The molecule has 0 aliphatic carbocycles. The Kier molecular flexibility index (Phi) is 6.59. The minimum atomic E-state index is -3.99. The van der Waals surface area contributed by atoms with Crippen LogP contribution in [0, 0.1) is 0 Å². The van der Waals surface area contributed by atoms with Gasteiger partial charge in [0.2, 0.25) is 0 Å². The second-order valence-electron chi connectivity index (χ2n) is 6.22. The number of benzene rings is 2. The molecule has 3 aromatic rings. The van der Waals surface area contributed by atoms with Crippen LogP contribution in [-0.2, 0) is 21.4 Å². The minimum Gasteiger partial charge on any atom is -0.495 e. The van der Waals surface area contributed by atoms with E-state index in [0.717, 1.165) is 4.31 Å². The summed E-state index contributed by atoms with van der Waals surface area (Å²) >= 11 is 6.13. The number of halogens is 1. The summed E-state index contributed by atoms with van der Waals surface area (Å²) in [5.74, 6) is -0.338. The smallest absolute Gasteiger partial charge is 0.340 e. The first-order valence-corrected chi connectivity index (χ1v) is 10.6. The summed E-state index contributed by atoms with van der Waals surface area (Å²) < 4.78 is 37.8. The van der Waals surface area contributed by atoms with Crippen molar-refractivity contribution in [2.75, 3.05) is 18.5 Å². The van der Waals surface area contributed by atoms with E-state index >= 15 is 0 Å². The number of methoxy groups -OCH3 is 1. The van der Waals surface area contributed by atoms with Gasteiger partial charge >= 0.3 is 5.97 Å². The van der Waals surface area contributed by atoms with Crippen molar-refractivity contribution >= 4 is 33.3 Å². The average Bonchev–Trinajstić information content (AvgIpc) is 2.77. The van der Waals surface area contributed by atoms with E-state index in [4.69, 9.17) is 21.1 Å². The number of nitrogens with zero attached hydrogens (tertiary/aromatic N) is 2. The van der Waals surface area contributed by atoms with Crippen LogP contribution in [-0.4, -0.2) is 33.5 Å². The Morgan fingerprint density at radius 3 is 2.60 bits per heavy atom. The van der Waals surface area contributed by atoms with Gasteiger partial charge in [-0.05, 0) is 36.4 Å². The third-order valence-corrected chi connectivity index (χ3v) is 6.43. The van der Waals surface area contributed by atoms with Gasteiger partial charge < -0.3 is 9.47 Å². The van der Waals surface area contributed by atoms with Gasteiger partial charge in [0.25, 0.3) is 10.0 Å². The van der Waals surface area contributed by atoms with E-state index in [1.54, 1.807) is 48.8 Å². The molecule has 3 rings (SSSR count). The number of pyridine rings is 1. The number of sulfonamides is 1. The van der Waals surface area contributed by atoms with Gasteiger partial charge in [-0.15, -0.1) is 0 Å². The normalized spacial score (nSPS) is 11.0. The van der Waals surface area contributed by atoms with Crippen molar-refractivity contribution in [1.29, 1.82) is 0 Å². The van der Waals surface area contributed by atoms with Crippen molar-refractivity contribution in [3.63, 3.8) is 0 Å². The third kappa shape index (κ3) is 4.55. The zero-order valence-corrected chi connectivity index (χ0v) is 17.9. The molecule has 2 aromatic carbocycles. The summed E-state index contributed by atoms with van der Waals surface area (Å²) in [4.78, 5) is 16.3. The highest BCUT2D eigenvalue weighted by molar-refractivity contribution is 7.92. The van der Waals surface area contributed by atoms with Crippen LogP contribution in [0.2, 0.25) is 5.02 Å². The number of hydrogen-bond donors (Lipinski definition) is 0. The van der Waals surface area contributed by atoms with E-state index in [2.05, 4.69) is 4.98 Å². The largest absolute Gasteiger partial charge is 0.495 e. The van der Waals surface area contributed by atoms with Crippen LogP contribution in [0.5, 0.6) is 5.75 Å². The highest BCUT2D eigenvalue weighted by Gasteiger charge is 2.26. The SMILES string of the molecule is COc1ccccc1N(C)S(=O)(=O)c1ccc(Cl)c(C(=O)OCc2cccnc2)c1. The maximum absolute atomic E-state index is 13.1. The van der Waals surface area contributed by atoms with Gasteiger partial charge in [0.05, 0.1) is 28.3 Å². The molecule has 0 amide bonds. The Morgan fingerprint density at radius 1 is 1.13 bits per heavy atom. The Hall–Kier alpha value is -3.10. The third-order valence-electron chi connectivity index (χ3n) is 4.33. The average molecular weight is 447 g/mol. The number of carbonyl (C=O) groups is 1. The monoisotopic (exact) mass is 446 g/mol. The molecule has 156 valence electrons. The quantitative estimate of drug-likeness (QED) is 0.511. The molecule has 0 bridgehead atoms. The number of aromatic nitrogens is 1. The molecule has 0 fully saturated rings. The Bertz CT molecular complexity index is 1150. The van der Waals surface area contributed by atoms with Crippen molar-refractivity contribution in [3.05, 3.63) is 83.1 Å². The Labute approximate surface area is 179 Å². The van der Waals surface area contributed by atoms with Crippen LogP contribution in [0.25, 0.3) is 0 Å². The molecule has 9 heteroatoms. The number of anilines is 1. The highest BCUT2D eigenvalue weighted by Crippen LogP contribution is 2.32. The molecule has 0 N–H and O–H groups in total. The molecule has 1 aromatic heterocycles. The first-order valence-electron chi connectivity index (χ1n) is 8.82. The fraction of sp³-hybridized carbons (Fsp3) is 0.143. The van der Waals surface area contributed by atoms with Crippen LogP contribution < -0.4 is 9.04 Å². The van der Waals surface area contributed by atoms with E-state index in [1.165, 1.54) is 32.4 Å². The van der Waals surface area contributed by atoms with Gasteiger partial charge in [-0.25, -0.2) is 13.2 Å². The van der Waals surface area contributed by atoms with Crippen LogP contribution in [0.3, 0.4) is 0 Å². The van der Waals surface area contributed by atoms with Gasteiger partial charge in [0.15, 0.2) is 0 Å². The number of hydrogen-bond acceptors (Lipinski definition) is 6. The van der Waals surface area contributed by atoms with E-state index < -0.39 is 16.0 Å². The molecule has 0 radical (unpaired) electrons. The zero-order chi connectivity index (χ0) is 21.7. The summed E-state index contributed by atoms with van der Waals surface area (Å²) in [6.45, 7) is -0.0128. The second-order valence-corrected chi connectivity index (χ2v) is 8.60. The van der Waals surface area contributed by atoms with Crippen LogP contribution in [0.15, 0.2) is 71.9 Å². The Balaban J connectivity index is 1.88. The summed E-state index contributed by atoms with van der Waals surface area (Å²) in [5.41, 5.74) is 1.01. The fourth-order valence-electron chi connectivity index (χ4n) is 2.71. The lowest BCUT2D eigenvalue weighted by Gasteiger charge is -2.22. The van der Waals surface area contributed by atoms with Crippen molar-refractivity contribution < 1.29 is 22.7 Å². The van der Waals surface area contributed by atoms with Gasteiger partial charge in [-0.2, -0.15) is 0 Å². The van der Waals surface area contributed by atoms with Crippen molar-refractivity contribution in [3.8, 4) is 5.75 Å². The van der Waals surface area contributed by atoms with Crippen molar-refractivity contribution in [2.24, 2.45) is 0 Å². The first-order chi connectivity index (χ1) is 14.3. The lowest BCUT2D eigenvalue weighted by molar-refractivity contribution is 0.0472. The van der Waals surface area contributed by atoms with Crippen molar-refractivity contribution in [1.82, 2.24) is 4.98 Å².